The summed E-state index contributed by atoms with van der Waals surface area (Å²) in [6.45, 7) is 0. The summed E-state index contributed by atoms with van der Waals surface area (Å²) >= 11 is 0. The van der Waals surface area contributed by atoms with Gasteiger partial charge in [0.05, 0.1) is 36.1 Å². The summed E-state index contributed by atoms with van der Waals surface area (Å²) in [5.74, 6) is 3.33. The molecule has 9 aromatic heterocycles. The van der Waals surface area contributed by atoms with Crippen LogP contribution in [0.15, 0.2) is 129 Å². The molecule has 21 nitrogen and oxygen atoms in total. The molecule has 12 rings (SSSR count). The van der Waals surface area contributed by atoms with Crippen LogP contribution in [0.2, 0.25) is 0 Å². The Labute approximate surface area is 387 Å². The van der Waals surface area contributed by atoms with Gasteiger partial charge in [-0.05, 0) is 0 Å². The predicted octanol–water partition coefficient (Wildman–Crippen LogP) is 6.03. The number of fused-ring (bicyclic) bond motifs is 3. The van der Waals surface area contributed by atoms with E-state index in [2.05, 4.69) is 64.8 Å². The average molecular weight is 902 g/mol. The highest BCUT2D eigenvalue weighted by atomic mass is 15.2. The molecule has 0 aliphatic carbocycles. The molecule has 3 aromatic carbocycles. The first-order valence-corrected chi connectivity index (χ1v) is 21.1. The molecule has 12 aromatic rings. The van der Waals surface area contributed by atoms with Gasteiger partial charge in [0.25, 0.3) is 0 Å². The maximum absolute atomic E-state index is 5.98. The number of aromatic amines is 1. The summed E-state index contributed by atoms with van der Waals surface area (Å²) in [5.41, 5.74) is 30.0. The number of imidazole rings is 6. The van der Waals surface area contributed by atoms with E-state index in [4.69, 9.17) is 17.2 Å². The predicted molar refractivity (Wildman–Crippen MR) is 260 cm³/mol. The Bertz CT molecular complexity index is 3650. The second kappa shape index (κ2) is 17.4. The van der Waals surface area contributed by atoms with Gasteiger partial charge >= 0.3 is 0 Å². The van der Waals surface area contributed by atoms with E-state index in [1.54, 1.807) is 19.0 Å². The maximum Gasteiger partial charge on any atom is 0.183 e. The molecule has 0 bridgehead atoms. The van der Waals surface area contributed by atoms with Crippen LogP contribution in [0.4, 0.5) is 17.5 Å². The molecule has 0 saturated carbocycles. The second-order valence-corrected chi connectivity index (χ2v) is 15.6. The van der Waals surface area contributed by atoms with Gasteiger partial charge in [-0.15, -0.1) is 0 Å². The number of nitrogen functional groups attached to an aromatic ring is 3. The topological polar surface area (TPSA) is 273 Å². The van der Waals surface area contributed by atoms with Crippen LogP contribution in [0.1, 0.15) is 0 Å². The minimum Gasteiger partial charge on any atom is -0.382 e. The van der Waals surface area contributed by atoms with Gasteiger partial charge in [0.1, 0.15) is 41.6 Å². The molecule has 21 heteroatoms. The standard InChI is InChI=1S/2C16H15N7.C15H13N7/c1-22-9-20-11(10-6-4-3-5-7-10)13(22)16-21-12-14(17)18-8-19-15(12)23(16)2;1-22-9-20-11(10-6-4-3-5-7-10)12(22)16-21-15-13(23(16)2)14(17)18-8-19-15;1-22-8-19-10(9-5-3-2-4-6-9)12(22)15-20-11-13(16)17-7-18-14(11)21-15/h2*3-9H,1-2H3,(H2,17,18,19);2-8H,1H3,(H3,16,17,18,20,21). The van der Waals surface area contributed by atoms with Gasteiger partial charge in [0, 0.05) is 51.9 Å². The lowest BCUT2D eigenvalue weighted by Gasteiger charge is -2.07. The summed E-state index contributed by atoms with van der Waals surface area (Å²) < 4.78 is 9.65. The van der Waals surface area contributed by atoms with Gasteiger partial charge in [-0.25, -0.2) is 59.8 Å². The van der Waals surface area contributed by atoms with E-state index in [0.29, 0.717) is 51.3 Å². The minimum atomic E-state index is 0.357. The van der Waals surface area contributed by atoms with Crippen molar-refractivity contribution >= 4 is 50.9 Å². The number of benzene rings is 3. The molecule has 0 saturated heterocycles. The summed E-state index contributed by atoms with van der Waals surface area (Å²) in [6.07, 6.45) is 9.62. The van der Waals surface area contributed by atoms with Crippen LogP contribution in [-0.2, 0) is 35.2 Å². The SMILES string of the molecule is Cn1cnc(-c2ccccc2)c1-c1nc2c(N)ncnc2[nH]1.Cn1cnc(-c2ccccc2)c1-c1nc2c(N)ncnc2n1C.Cn1cnc(-c2ccccc2)c1-c1nc2ncnc(N)c2n1C. The fourth-order valence-corrected chi connectivity index (χ4v) is 7.98. The zero-order valence-corrected chi connectivity index (χ0v) is 37.5. The van der Waals surface area contributed by atoms with E-state index >= 15 is 0 Å². The van der Waals surface area contributed by atoms with Crippen LogP contribution in [0, 0.1) is 0 Å². The van der Waals surface area contributed by atoms with E-state index in [1.165, 1.54) is 19.0 Å². The van der Waals surface area contributed by atoms with Crippen molar-refractivity contribution in [1.29, 1.82) is 0 Å². The number of anilines is 3. The Morgan fingerprint density at radius 1 is 0.426 bits per heavy atom. The Balaban J connectivity index is 0.000000119. The zero-order valence-electron chi connectivity index (χ0n) is 37.5. The van der Waals surface area contributed by atoms with E-state index in [0.717, 1.165) is 68.0 Å². The third kappa shape index (κ3) is 7.53. The molecule has 0 atom stereocenters. The van der Waals surface area contributed by atoms with Crippen LogP contribution in [0.5, 0.6) is 0 Å². The van der Waals surface area contributed by atoms with Crippen molar-refractivity contribution in [2.24, 2.45) is 35.2 Å². The first-order valence-electron chi connectivity index (χ1n) is 21.1. The lowest BCUT2D eigenvalue weighted by molar-refractivity contribution is 0.876. The van der Waals surface area contributed by atoms with Crippen LogP contribution in [0.25, 0.3) is 102 Å². The summed E-state index contributed by atoms with van der Waals surface area (Å²) in [5, 5.41) is 0. The van der Waals surface area contributed by atoms with Crippen molar-refractivity contribution in [1.82, 2.24) is 87.6 Å². The number of aromatic nitrogens is 18. The third-order valence-corrected chi connectivity index (χ3v) is 11.3. The molecule has 9 heterocycles. The minimum absolute atomic E-state index is 0.357. The van der Waals surface area contributed by atoms with Crippen LogP contribution >= 0.6 is 0 Å². The Morgan fingerprint density at radius 3 is 1.40 bits per heavy atom. The van der Waals surface area contributed by atoms with Gasteiger partial charge in [-0.2, -0.15) is 0 Å². The molecular weight excluding hydrogens is 859 g/mol. The van der Waals surface area contributed by atoms with E-state index in [1.807, 2.05) is 149 Å². The lowest BCUT2D eigenvalue weighted by Crippen LogP contribution is -2.01. The van der Waals surface area contributed by atoms with Crippen molar-refractivity contribution in [3.8, 4) is 68.3 Å². The van der Waals surface area contributed by atoms with Crippen LogP contribution < -0.4 is 17.2 Å². The first kappa shape index (κ1) is 42.3. The molecule has 0 amide bonds. The smallest absolute Gasteiger partial charge is 0.183 e. The van der Waals surface area contributed by atoms with Gasteiger partial charge in [-0.1, -0.05) is 91.0 Å². The summed E-state index contributed by atoms with van der Waals surface area (Å²) in [7, 11) is 9.65. The van der Waals surface area contributed by atoms with Gasteiger partial charge in [-0.3, -0.25) is 0 Å². The van der Waals surface area contributed by atoms with E-state index in [-0.39, 0.29) is 0 Å². The molecule has 68 heavy (non-hydrogen) atoms. The van der Waals surface area contributed by atoms with Gasteiger partial charge in [0.2, 0.25) is 0 Å². The van der Waals surface area contributed by atoms with Crippen LogP contribution in [-0.4, -0.2) is 87.6 Å². The average Bonchev–Trinajstić information content (AvgIpc) is 4.23. The van der Waals surface area contributed by atoms with Gasteiger partial charge < -0.3 is 45.0 Å². The van der Waals surface area contributed by atoms with Crippen LogP contribution in [0.3, 0.4) is 0 Å². The lowest BCUT2D eigenvalue weighted by atomic mass is 10.1. The number of nitrogens with one attached hydrogen (secondary N) is 1. The number of H-pyrrole nitrogens is 1. The largest absolute Gasteiger partial charge is 0.382 e. The highest BCUT2D eigenvalue weighted by Gasteiger charge is 2.23. The third-order valence-electron chi connectivity index (χ3n) is 11.3. The quantitative estimate of drug-likeness (QED) is 0.148. The molecular formula is C47H43N21. The zero-order chi connectivity index (χ0) is 47.1. The molecule has 0 radical (unpaired) electrons. The van der Waals surface area contributed by atoms with E-state index in [9.17, 15) is 0 Å². The molecule has 0 aliphatic heterocycles. The number of rotatable bonds is 6. The fourth-order valence-electron chi connectivity index (χ4n) is 7.98. The molecule has 0 aliphatic rings. The molecule has 0 unspecified atom stereocenters. The Hall–Kier alpha value is -9.66. The van der Waals surface area contributed by atoms with Crippen molar-refractivity contribution in [3.63, 3.8) is 0 Å². The fraction of sp³-hybridized carbons (Fsp3) is 0.106. The number of hydrogen-bond acceptors (Lipinski definition) is 15. The number of nitrogens with zero attached hydrogens (tertiary/aromatic N) is 17. The number of hydrogen-bond donors (Lipinski definition) is 4. The van der Waals surface area contributed by atoms with Crippen molar-refractivity contribution in [2.45, 2.75) is 0 Å². The maximum atomic E-state index is 5.98. The molecule has 0 spiro atoms. The Morgan fingerprint density at radius 2 is 0.882 bits per heavy atom. The first-order chi connectivity index (χ1) is 33.1. The van der Waals surface area contributed by atoms with Crippen molar-refractivity contribution in [2.75, 3.05) is 17.2 Å². The highest BCUT2D eigenvalue weighted by Crippen LogP contribution is 2.34. The molecule has 7 N–H and O–H groups in total. The normalized spacial score (nSPS) is 11.2. The van der Waals surface area contributed by atoms with Gasteiger partial charge in [0.15, 0.2) is 62.9 Å². The monoisotopic (exact) mass is 901 g/mol. The number of aryl methyl sites for hydroxylation is 5. The highest BCUT2D eigenvalue weighted by molar-refractivity contribution is 5.89. The molecule has 336 valence electrons. The second-order valence-electron chi connectivity index (χ2n) is 15.6. The van der Waals surface area contributed by atoms with Crippen molar-refractivity contribution < 1.29 is 0 Å². The number of nitrogens with two attached hydrogens (primary N) is 3. The Kier molecular flexibility index (Phi) is 10.8. The van der Waals surface area contributed by atoms with E-state index < -0.39 is 0 Å². The summed E-state index contributed by atoms with van der Waals surface area (Å²) in [4.78, 5) is 55.3. The van der Waals surface area contributed by atoms with Crippen molar-refractivity contribution in [3.05, 3.63) is 129 Å². The molecule has 0 fully saturated rings. The summed E-state index contributed by atoms with van der Waals surface area (Å²) in [6, 6.07) is 30.0.